The van der Waals surface area contributed by atoms with Crippen LogP contribution in [0.1, 0.15) is 52.9 Å². The van der Waals surface area contributed by atoms with Gasteiger partial charge in [0.15, 0.2) is 0 Å². The Hall–Kier alpha value is -0.120. The van der Waals surface area contributed by atoms with Crippen LogP contribution in [-0.2, 0) is 0 Å². The fourth-order valence-corrected chi connectivity index (χ4v) is 3.26. The zero-order chi connectivity index (χ0) is 14.1. The molecule has 2 unspecified atom stereocenters. The van der Waals surface area contributed by atoms with Crippen molar-refractivity contribution in [3.05, 3.63) is 0 Å². The molecule has 3 heteroatoms. The minimum Gasteiger partial charge on any atom is -0.327 e. The molecule has 0 aromatic carbocycles. The average molecular weight is 269 g/mol. The molecule has 2 atom stereocenters. The first kappa shape index (κ1) is 16.9. The Morgan fingerprint density at radius 1 is 0.895 bits per heavy atom. The Morgan fingerprint density at radius 3 is 2.05 bits per heavy atom. The van der Waals surface area contributed by atoms with Gasteiger partial charge in [-0.1, -0.05) is 27.2 Å². The third-order valence-corrected chi connectivity index (χ3v) is 4.82. The van der Waals surface area contributed by atoms with Gasteiger partial charge in [0.05, 0.1) is 0 Å². The van der Waals surface area contributed by atoms with Crippen molar-refractivity contribution in [2.45, 2.75) is 58.9 Å². The first-order chi connectivity index (χ1) is 9.21. The van der Waals surface area contributed by atoms with Crippen molar-refractivity contribution < 1.29 is 0 Å². The van der Waals surface area contributed by atoms with Gasteiger partial charge in [0.1, 0.15) is 0 Å². The minimum atomic E-state index is 0.481. The third-order valence-electron chi connectivity index (χ3n) is 4.82. The largest absolute Gasteiger partial charge is 0.327 e. The molecule has 1 aliphatic carbocycles. The Labute approximate surface area is 120 Å². The fraction of sp³-hybridized carbons (Fsp3) is 1.00. The maximum atomic E-state index is 6.16. The standard InChI is InChI=1S/C16H35N3/c1-4-18(5-2)12-8-13-19(6-3)14-11-15-9-7-10-16(15)17/h15-16H,4-14,17H2,1-3H3. The molecule has 0 amide bonds. The van der Waals surface area contributed by atoms with Gasteiger partial charge in [-0.05, 0) is 70.9 Å². The predicted molar refractivity (Wildman–Crippen MR) is 84.5 cm³/mol. The quantitative estimate of drug-likeness (QED) is 0.661. The second kappa shape index (κ2) is 9.73. The van der Waals surface area contributed by atoms with Gasteiger partial charge in [0, 0.05) is 6.04 Å². The first-order valence-corrected chi connectivity index (χ1v) is 8.41. The van der Waals surface area contributed by atoms with E-state index in [1.807, 2.05) is 0 Å². The van der Waals surface area contributed by atoms with Crippen molar-refractivity contribution in [1.29, 1.82) is 0 Å². The molecule has 2 N–H and O–H groups in total. The first-order valence-electron chi connectivity index (χ1n) is 8.41. The van der Waals surface area contributed by atoms with Crippen molar-refractivity contribution in [3.8, 4) is 0 Å². The maximum Gasteiger partial charge on any atom is 0.00676 e. The number of rotatable bonds is 10. The van der Waals surface area contributed by atoms with E-state index in [0.29, 0.717) is 6.04 Å². The summed E-state index contributed by atoms with van der Waals surface area (Å²) in [5.41, 5.74) is 6.16. The lowest BCUT2D eigenvalue weighted by atomic mass is 10.00. The minimum absolute atomic E-state index is 0.481. The number of nitrogens with two attached hydrogens (primary N) is 1. The summed E-state index contributed by atoms with van der Waals surface area (Å²) in [6.07, 6.45) is 6.56. The summed E-state index contributed by atoms with van der Waals surface area (Å²) in [6, 6.07) is 0.481. The molecule has 0 aromatic heterocycles. The predicted octanol–water partition coefficient (Wildman–Crippen LogP) is 2.56. The van der Waals surface area contributed by atoms with E-state index in [1.165, 1.54) is 71.4 Å². The van der Waals surface area contributed by atoms with E-state index < -0.39 is 0 Å². The van der Waals surface area contributed by atoms with E-state index in [4.69, 9.17) is 5.73 Å². The molecule has 114 valence electrons. The van der Waals surface area contributed by atoms with E-state index in [-0.39, 0.29) is 0 Å². The van der Waals surface area contributed by atoms with Crippen molar-refractivity contribution >= 4 is 0 Å². The molecule has 1 rings (SSSR count). The maximum absolute atomic E-state index is 6.16. The van der Waals surface area contributed by atoms with Crippen molar-refractivity contribution in [2.24, 2.45) is 11.7 Å². The van der Waals surface area contributed by atoms with Gasteiger partial charge in [-0.2, -0.15) is 0 Å². The zero-order valence-electron chi connectivity index (χ0n) is 13.4. The molecule has 0 bridgehead atoms. The van der Waals surface area contributed by atoms with Crippen LogP contribution in [0.2, 0.25) is 0 Å². The highest BCUT2D eigenvalue weighted by molar-refractivity contribution is 4.80. The Morgan fingerprint density at radius 2 is 1.53 bits per heavy atom. The summed E-state index contributed by atoms with van der Waals surface area (Å²) >= 11 is 0. The van der Waals surface area contributed by atoms with Gasteiger partial charge in [0.25, 0.3) is 0 Å². The average Bonchev–Trinajstić information content (AvgIpc) is 2.84. The van der Waals surface area contributed by atoms with E-state index >= 15 is 0 Å². The lowest BCUT2D eigenvalue weighted by Gasteiger charge is -2.25. The van der Waals surface area contributed by atoms with E-state index in [2.05, 4.69) is 30.6 Å². The molecule has 0 aliphatic heterocycles. The Bertz CT molecular complexity index is 216. The van der Waals surface area contributed by atoms with Gasteiger partial charge in [-0.25, -0.2) is 0 Å². The molecule has 3 nitrogen and oxygen atoms in total. The van der Waals surface area contributed by atoms with Crippen LogP contribution < -0.4 is 5.73 Å². The molecule has 0 heterocycles. The summed E-state index contributed by atoms with van der Waals surface area (Å²) in [5, 5.41) is 0. The van der Waals surface area contributed by atoms with Crippen LogP contribution in [0.4, 0.5) is 0 Å². The number of hydrogen-bond acceptors (Lipinski definition) is 3. The Kier molecular flexibility index (Phi) is 8.67. The van der Waals surface area contributed by atoms with Crippen LogP contribution in [0.15, 0.2) is 0 Å². The summed E-state index contributed by atoms with van der Waals surface area (Å²) in [6.45, 7) is 14.1. The molecule has 0 aromatic rings. The summed E-state index contributed by atoms with van der Waals surface area (Å²) < 4.78 is 0. The lowest BCUT2D eigenvalue weighted by molar-refractivity contribution is 0.229. The molecule has 1 aliphatic rings. The van der Waals surface area contributed by atoms with Crippen LogP contribution in [0.3, 0.4) is 0 Å². The molecule has 1 fully saturated rings. The normalized spacial score (nSPS) is 23.7. The van der Waals surface area contributed by atoms with E-state index in [1.54, 1.807) is 0 Å². The van der Waals surface area contributed by atoms with Crippen molar-refractivity contribution in [3.63, 3.8) is 0 Å². The smallest absolute Gasteiger partial charge is 0.00676 e. The molecular weight excluding hydrogens is 234 g/mol. The SMILES string of the molecule is CCN(CC)CCCN(CC)CCC1CCCC1N. The van der Waals surface area contributed by atoms with Crippen LogP contribution >= 0.6 is 0 Å². The Balaban J connectivity index is 2.14. The molecular formula is C16H35N3. The topological polar surface area (TPSA) is 32.5 Å². The fourth-order valence-electron chi connectivity index (χ4n) is 3.26. The monoisotopic (exact) mass is 269 g/mol. The van der Waals surface area contributed by atoms with Crippen molar-refractivity contribution in [1.82, 2.24) is 9.80 Å². The third kappa shape index (κ3) is 6.24. The van der Waals surface area contributed by atoms with Gasteiger partial charge < -0.3 is 15.5 Å². The second-order valence-corrected chi connectivity index (χ2v) is 5.96. The molecule has 0 radical (unpaired) electrons. The highest BCUT2D eigenvalue weighted by atomic mass is 15.1. The molecule has 0 spiro atoms. The van der Waals surface area contributed by atoms with Gasteiger partial charge in [-0.15, -0.1) is 0 Å². The molecule has 19 heavy (non-hydrogen) atoms. The van der Waals surface area contributed by atoms with Gasteiger partial charge >= 0.3 is 0 Å². The summed E-state index contributed by atoms with van der Waals surface area (Å²) in [5.74, 6) is 0.789. The van der Waals surface area contributed by atoms with Crippen LogP contribution in [-0.4, -0.2) is 55.1 Å². The summed E-state index contributed by atoms with van der Waals surface area (Å²) in [7, 11) is 0. The highest BCUT2D eigenvalue weighted by Crippen LogP contribution is 2.26. The highest BCUT2D eigenvalue weighted by Gasteiger charge is 2.23. The van der Waals surface area contributed by atoms with Crippen LogP contribution in [0.5, 0.6) is 0 Å². The number of hydrogen-bond donors (Lipinski definition) is 1. The van der Waals surface area contributed by atoms with E-state index in [0.717, 1.165) is 5.92 Å². The molecule has 0 saturated heterocycles. The zero-order valence-corrected chi connectivity index (χ0v) is 13.4. The van der Waals surface area contributed by atoms with E-state index in [9.17, 15) is 0 Å². The summed E-state index contributed by atoms with van der Waals surface area (Å²) in [4.78, 5) is 5.12. The van der Waals surface area contributed by atoms with Gasteiger partial charge in [-0.3, -0.25) is 0 Å². The van der Waals surface area contributed by atoms with Crippen LogP contribution in [0.25, 0.3) is 0 Å². The van der Waals surface area contributed by atoms with Crippen molar-refractivity contribution in [2.75, 3.05) is 39.3 Å². The lowest BCUT2D eigenvalue weighted by Crippen LogP contribution is -2.33. The van der Waals surface area contributed by atoms with Crippen LogP contribution in [0, 0.1) is 5.92 Å². The second-order valence-electron chi connectivity index (χ2n) is 5.96. The van der Waals surface area contributed by atoms with Gasteiger partial charge in [0.2, 0.25) is 0 Å². The number of nitrogens with zero attached hydrogens (tertiary/aromatic N) is 2. The molecule has 1 saturated carbocycles.